The molecule has 2 rings (SSSR count). The van der Waals surface area contributed by atoms with Crippen LogP contribution in [0.2, 0.25) is 0 Å². The van der Waals surface area contributed by atoms with E-state index < -0.39 is 0 Å². The Morgan fingerprint density at radius 3 is 2.83 bits per heavy atom. The van der Waals surface area contributed by atoms with Crippen LogP contribution in [0.15, 0.2) is 17.6 Å². The number of nitrogens with zero attached hydrogens (tertiary/aromatic N) is 3. The first-order valence-electron chi connectivity index (χ1n) is 5.64. The molecule has 0 radical (unpaired) electrons. The fourth-order valence-corrected chi connectivity index (χ4v) is 2.25. The van der Waals surface area contributed by atoms with E-state index in [1.165, 1.54) is 0 Å². The van der Waals surface area contributed by atoms with E-state index >= 15 is 0 Å². The second kappa shape index (κ2) is 5.74. The van der Waals surface area contributed by atoms with Crippen molar-refractivity contribution in [3.8, 4) is 0 Å². The van der Waals surface area contributed by atoms with E-state index in [2.05, 4.69) is 32.6 Å². The first-order valence-corrected chi connectivity index (χ1v) is 6.52. The summed E-state index contributed by atoms with van der Waals surface area (Å²) in [6.45, 7) is 4.73. The lowest BCUT2D eigenvalue weighted by molar-refractivity contribution is 0.790. The fourth-order valence-electron chi connectivity index (χ4n) is 1.56. The number of aromatic nitrogens is 3. The third kappa shape index (κ3) is 3.14. The van der Waals surface area contributed by atoms with Gasteiger partial charge in [0.1, 0.15) is 17.5 Å². The number of hydrogen-bond acceptors (Lipinski definition) is 7. The number of anilines is 2. The SMILES string of the molecule is Cc1nc(NN)cc(NCC(C)c2nccs2)n1. The van der Waals surface area contributed by atoms with Crippen molar-refractivity contribution >= 4 is 23.0 Å². The molecule has 0 spiro atoms. The number of nitrogens with one attached hydrogen (secondary N) is 2. The Bertz CT molecular complexity index is 498. The van der Waals surface area contributed by atoms with Crippen LogP contribution in [-0.4, -0.2) is 21.5 Å². The van der Waals surface area contributed by atoms with Crippen LogP contribution in [0, 0.1) is 6.92 Å². The van der Waals surface area contributed by atoms with Crippen LogP contribution >= 0.6 is 11.3 Å². The molecule has 0 aromatic carbocycles. The largest absolute Gasteiger partial charge is 0.369 e. The van der Waals surface area contributed by atoms with Gasteiger partial charge in [-0.1, -0.05) is 6.92 Å². The van der Waals surface area contributed by atoms with E-state index in [0.29, 0.717) is 17.6 Å². The molecule has 96 valence electrons. The van der Waals surface area contributed by atoms with Gasteiger partial charge in [-0.3, -0.25) is 0 Å². The van der Waals surface area contributed by atoms with Crippen LogP contribution < -0.4 is 16.6 Å². The van der Waals surface area contributed by atoms with Crippen LogP contribution in [0.3, 0.4) is 0 Å². The predicted molar refractivity (Wildman–Crippen MR) is 73.6 cm³/mol. The van der Waals surface area contributed by atoms with Gasteiger partial charge in [-0.2, -0.15) is 0 Å². The Morgan fingerprint density at radius 2 is 2.17 bits per heavy atom. The number of aryl methyl sites for hydroxylation is 1. The van der Waals surface area contributed by atoms with Crippen molar-refractivity contribution < 1.29 is 0 Å². The molecule has 0 saturated carbocycles. The zero-order chi connectivity index (χ0) is 13.0. The van der Waals surface area contributed by atoms with Gasteiger partial charge in [-0.05, 0) is 6.92 Å². The minimum Gasteiger partial charge on any atom is -0.369 e. The number of nitrogens with two attached hydrogens (primary N) is 1. The van der Waals surface area contributed by atoms with Crippen molar-refractivity contribution in [2.45, 2.75) is 19.8 Å². The van der Waals surface area contributed by atoms with Gasteiger partial charge < -0.3 is 10.7 Å². The molecule has 1 atom stereocenters. The molecule has 7 heteroatoms. The molecular formula is C11H16N6S. The molecule has 6 nitrogen and oxygen atoms in total. The Kier molecular flexibility index (Phi) is 4.06. The number of nitrogen functional groups attached to an aromatic ring is 1. The summed E-state index contributed by atoms with van der Waals surface area (Å²) < 4.78 is 0. The van der Waals surface area contributed by atoms with E-state index in [1.807, 2.05) is 18.5 Å². The lowest BCUT2D eigenvalue weighted by Crippen LogP contribution is -2.14. The molecule has 4 N–H and O–H groups in total. The van der Waals surface area contributed by atoms with Crippen molar-refractivity contribution in [3.63, 3.8) is 0 Å². The molecule has 0 aliphatic heterocycles. The minimum absolute atomic E-state index is 0.342. The topological polar surface area (TPSA) is 88.8 Å². The van der Waals surface area contributed by atoms with Crippen LogP contribution in [0.1, 0.15) is 23.7 Å². The Morgan fingerprint density at radius 1 is 1.39 bits per heavy atom. The van der Waals surface area contributed by atoms with Gasteiger partial charge in [0.15, 0.2) is 0 Å². The molecular weight excluding hydrogens is 248 g/mol. The Hall–Kier alpha value is -1.73. The molecule has 0 aliphatic carbocycles. The maximum Gasteiger partial charge on any atom is 0.145 e. The van der Waals surface area contributed by atoms with Crippen LogP contribution in [0.25, 0.3) is 0 Å². The van der Waals surface area contributed by atoms with E-state index in [4.69, 9.17) is 5.84 Å². The lowest BCUT2D eigenvalue weighted by Gasteiger charge is -2.11. The molecule has 0 fully saturated rings. The van der Waals surface area contributed by atoms with Crippen molar-refractivity contribution in [1.82, 2.24) is 15.0 Å². The van der Waals surface area contributed by atoms with Crippen molar-refractivity contribution in [2.24, 2.45) is 5.84 Å². The van der Waals surface area contributed by atoms with Gasteiger partial charge in [0, 0.05) is 30.1 Å². The number of thiazole rings is 1. The third-order valence-corrected chi connectivity index (χ3v) is 3.46. The predicted octanol–water partition coefficient (Wildman–Crippen LogP) is 1.74. The van der Waals surface area contributed by atoms with Gasteiger partial charge in [0.05, 0.1) is 5.01 Å². The Labute approximate surface area is 110 Å². The summed E-state index contributed by atoms with van der Waals surface area (Å²) in [5.41, 5.74) is 2.52. The second-order valence-corrected chi connectivity index (χ2v) is 4.91. The van der Waals surface area contributed by atoms with Crippen molar-refractivity contribution in [1.29, 1.82) is 0 Å². The zero-order valence-corrected chi connectivity index (χ0v) is 11.2. The van der Waals surface area contributed by atoms with E-state index in [-0.39, 0.29) is 0 Å². The molecule has 0 aliphatic rings. The normalized spacial score (nSPS) is 12.2. The molecule has 0 saturated heterocycles. The first-order chi connectivity index (χ1) is 8.69. The zero-order valence-electron chi connectivity index (χ0n) is 10.3. The Balaban J connectivity index is 1.99. The molecule has 0 bridgehead atoms. The molecule has 2 heterocycles. The average molecular weight is 264 g/mol. The van der Waals surface area contributed by atoms with Crippen LogP contribution in [0.5, 0.6) is 0 Å². The summed E-state index contributed by atoms with van der Waals surface area (Å²) in [7, 11) is 0. The highest BCUT2D eigenvalue weighted by Crippen LogP contribution is 2.18. The molecule has 0 amide bonds. The van der Waals surface area contributed by atoms with E-state index in [9.17, 15) is 0 Å². The summed E-state index contributed by atoms with van der Waals surface area (Å²) in [6.07, 6.45) is 1.82. The van der Waals surface area contributed by atoms with Gasteiger partial charge in [-0.25, -0.2) is 20.8 Å². The van der Waals surface area contributed by atoms with Crippen molar-refractivity contribution in [3.05, 3.63) is 28.5 Å². The summed E-state index contributed by atoms with van der Waals surface area (Å²) in [4.78, 5) is 12.7. The molecule has 1 unspecified atom stereocenters. The van der Waals surface area contributed by atoms with E-state index in [1.54, 1.807) is 17.4 Å². The standard InChI is InChI=1S/C11H16N6S/c1-7(11-13-3-4-18-11)6-14-9-5-10(17-12)16-8(2)15-9/h3-5,7H,6,12H2,1-2H3,(H2,14,15,16,17). The summed E-state index contributed by atoms with van der Waals surface area (Å²) >= 11 is 1.66. The summed E-state index contributed by atoms with van der Waals surface area (Å²) in [6, 6.07) is 1.78. The van der Waals surface area contributed by atoms with Gasteiger partial charge >= 0.3 is 0 Å². The maximum atomic E-state index is 5.34. The van der Waals surface area contributed by atoms with Crippen LogP contribution in [-0.2, 0) is 0 Å². The minimum atomic E-state index is 0.342. The lowest BCUT2D eigenvalue weighted by atomic mass is 10.2. The van der Waals surface area contributed by atoms with Gasteiger partial charge in [0.2, 0.25) is 0 Å². The number of hydrogen-bond donors (Lipinski definition) is 3. The van der Waals surface area contributed by atoms with Crippen molar-refractivity contribution in [2.75, 3.05) is 17.3 Å². The molecule has 2 aromatic heterocycles. The first kappa shape index (κ1) is 12.7. The second-order valence-electron chi connectivity index (χ2n) is 3.98. The summed E-state index contributed by atoms with van der Waals surface area (Å²) in [5, 5.41) is 6.37. The molecule has 2 aromatic rings. The third-order valence-electron chi connectivity index (χ3n) is 2.45. The van der Waals surface area contributed by atoms with Gasteiger partial charge in [0.25, 0.3) is 0 Å². The highest BCUT2D eigenvalue weighted by atomic mass is 32.1. The highest BCUT2D eigenvalue weighted by Gasteiger charge is 2.08. The smallest absolute Gasteiger partial charge is 0.145 e. The molecule has 18 heavy (non-hydrogen) atoms. The summed E-state index contributed by atoms with van der Waals surface area (Å²) in [5.74, 6) is 7.73. The highest BCUT2D eigenvalue weighted by molar-refractivity contribution is 7.09. The number of rotatable bonds is 5. The quantitative estimate of drug-likeness (QED) is 0.563. The monoisotopic (exact) mass is 264 g/mol. The fraction of sp³-hybridized carbons (Fsp3) is 0.364. The van der Waals surface area contributed by atoms with Crippen LogP contribution in [0.4, 0.5) is 11.6 Å². The number of hydrazine groups is 1. The average Bonchev–Trinajstić information content (AvgIpc) is 2.89. The van der Waals surface area contributed by atoms with Gasteiger partial charge in [-0.15, -0.1) is 11.3 Å². The maximum absolute atomic E-state index is 5.34. The van der Waals surface area contributed by atoms with E-state index in [0.717, 1.165) is 17.4 Å².